The summed E-state index contributed by atoms with van der Waals surface area (Å²) in [6.07, 6.45) is 0.889. The Balaban J connectivity index is 1.54. The summed E-state index contributed by atoms with van der Waals surface area (Å²) in [6, 6.07) is 10.9. The summed E-state index contributed by atoms with van der Waals surface area (Å²) in [5, 5.41) is 1.33. The van der Waals surface area contributed by atoms with Crippen molar-refractivity contribution in [1.82, 2.24) is 9.47 Å². The van der Waals surface area contributed by atoms with Crippen molar-refractivity contribution in [3.63, 3.8) is 0 Å². The molecule has 23 heavy (non-hydrogen) atoms. The highest BCUT2D eigenvalue weighted by molar-refractivity contribution is 5.81. The van der Waals surface area contributed by atoms with Crippen LogP contribution in [0.15, 0.2) is 30.3 Å². The summed E-state index contributed by atoms with van der Waals surface area (Å²) in [4.78, 5) is 14.2. The zero-order valence-corrected chi connectivity index (χ0v) is 14.1. The van der Waals surface area contributed by atoms with Gasteiger partial charge in [0.15, 0.2) is 0 Å². The maximum atomic E-state index is 12.3. The first-order chi connectivity index (χ1) is 10.9. The Morgan fingerprint density at radius 1 is 1.13 bits per heavy atom. The number of para-hydroxylation sites is 1. The minimum Gasteiger partial charge on any atom is -0.444 e. The van der Waals surface area contributed by atoms with Gasteiger partial charge in [-0.25, -0.2) is 4.79 Å². The molecule has 1 aromatic heterocycles. The van der Waals surface area contributed by atoms with Crippen LogP contribution >= 0.6 is 0 Å². The molecule has 0 spiro atoms. The number of carbonyl (C=O) groups is 1. The number of benzene rings is 1. The fourth-order valence-electron chi connectivity index (χ4n) is 4.01. The summed E-state index contributed by atoms with van der Waals surface area (Å²) >= 11 is 0. The van der Waals surface area contributed by atoms with Crippen molar-refractivity contribution in [3.05, 3.63) is 36.0 Å². The SMILES string of the molecule is CC(C)(C)OC(=O)N1C[C@H]2Cc3cc4ccccc4n3C[C@H]2C1. The van der Waals surface area contributed by atoms with Crippen LogP contribution in [0.5, 0.6) is 0 Å². The van der Waals surface area contributed by atoms with Gasteiger partial charge in [-0.1, -0.05) is 18.2 Å². The van der Waals surface area contributed by atoms with E-state index in [2.05, 4.69) is 34.9 Å². The third kappa shape index (κ3) is 2.60. The number of carbonyl (C=O) groups excluding carboxylic acids is 1. The molecule has 4 nitrogen and oxygen atoms in total. The molecule has 0 bridgehead atoms. The highest BCUT2D eigenvalue weighted by Gasteiger charge is 2.40. The Morgan fingerprint density at radius 3 is 2.65 bits per heavy atom. The number of likely N-dealkylation sites (tertiary alicyclic amines) is 1. The molecule has 2 atom stereocenters. The quantitative estimate of drug-likeness (QED) is 0.743. The van der Waals surface area contributed by atoms with Gasteiger partial charge in [0.25, 0.3) is 0 Å². The third-order valence-corrected chi connectivity index (χ3v) is 5.01. The summed E-state index contributed by atoms with van der Waals surface area (Å²) in [5.74, 6) is 1.09. The third-order valence-electron chi connectivity index (χ3n) is 5.01. The van der Waals surface area contributed by atoms with E-state index in [-0.39, 0.29) is 6.09 Å². The monoisotopic (exact) mass is 312 g/mol. The molecule has 0 radical (unpaired) electrons. The molecule has 2 aromatic rings. The molecule has 3 heterocycles. The number of fused-ring (bicyclic) bond motifs is 4. The van der Waals surface area contributed by atoms with Gasteiger partial charge in [-0.2, -0.15) is 0 Å². The fraction of sp³-hybridized carbons (Fsp3) is 0.526. The Labute approximate surface area is 137 Å². The lowest BCUT2D eigenvalue weighted by Crippen LogP contribution is -2.35. The molecule has 4 heteroatoms. The fourth-order valence-corrected chi connectivity index (χ4v) is 4.01. The lowest BCUT2D eigenvalue weighted by molar-refractivity contribution is 0.0284. The first-order valence-electron chi connectivity index (χ1n) is 8.46. The lowest BCUT2D eigenvalue weighted by atomic mass is 9.88. The minimum atomic E-state index is -0.424. The normalized spacial score (nSPS) is 23.7. The Bertz CT molecular complexity index is 756. The molecule has 122 valence electrons. The van der Waals surface area contributed by atoms with Crippen LogP contribution in [-0.2, 0) is 17.7 Å². The highest BCUT2D eigenvalue weighted by atomic mass is 16.6. The van der Waals surface area contributed by atoms with Crippen LogP contribution in [0.2, 0.25) is 0 Å². The van der Waals surface area contributed by atoms with Crippen LogP contribution in [0.25, 0.3) is 10.9 Å². The second-order valence-electron chi connectivity index (χ2n) is 7.91. The molecule has 1 aromatic carbocycles. The molecule has 0 N–H and O–H groups in total. The number of amides is 1. The molecule has 1 saturated heterocycles. The maximum Gasteiger partial charge on any atom is 0.410 e. The average molecular weight is 312 g/mol. The van der Waals surface area contributed by atoms with Gasteiger partial charge in [0, 0.05) is 30.8 Å². The minimum absolute atomic E-state index is 0.165. The molecule has 0 unspecified atom stereocenters. The molecule has 1 fully saturated rings. The lowest BCUT2D eigenvalue weighted by Gasteiger charge is -2.26. The van der Waals surface area contributed by atoms with E-state index in [4.69, 9.17) is 4.74 Å². The van der Waals surface area contributed by atoms with Crippen molar-refractivity contribution >= 4 is 17.0 Å². The Kier molecular flexibility index (Phi) is 3.19. The standard InChI is InChI=1S/C19H24N2O2/c1-19(2,3)23-18(22)20-10-14-9-16-8-13-6-4-5-7-17(13)21(16)12-15(14)11-20/h4-8,14-15H,9-12H2,1-3H3/t14-,15-/m1/s1. The largest absolute Gasteiger partial charge is 0.444 e. The first-order valence-corrected chi connectivity index (χ1v) is 8.46. The van der Waals surface area contributed by atoms with Crippen molar-refractivity contribution in [2.24, 2.45) is 11.8 Å². The van der Waals surface area contributed by atoms with Crippen LogP contribution in [0.3, 0.4) is 0 Å². The predicted molar refractivity (Wildman–Crippen MR) is 90.4 cm³/mol. The number of ether oxygens (including phenoxy) is 1. The van der Waals surface area contributed by atoms with E-state index in [9.17, 15) is 4.79 Å². The second kappa shape index (κ2) is 5.02. The van der Waals surface area contributed by atoms with Gasteiger partial charge in [-0.3, -0.25) is 0 Å². The topological polar surface area (TPSA) is 34.5 Å². The predicted octanol–water partition coefficient (Wildman–Crippen LogP) is 3.68. The van der Waals surface area contributed by atoms with Crippen molar-refractivity contribution in [2.45, 2.75) is 39.3 Å². The first kappa shape index (κ1) is 14.6. The van der Waals surface area contributed by atoms with E-state index in [0.29, 0.717) is 11.8 Å². The molecular formula is C19H24N2O2. The van der Waals surface area contributed by atoms with Gasteiger partial charge in [0.05, 0.1) is 0 Å². The smallest absolute Gasteiger partial charge is 0.410 e. The Hall–Kier alpha value is -1.97. The van der Waals surface area contributed by atoms with Gasteiger partial charge in [0.2, 0.25) is 0 Å². The Morgan fingerprint density at radius 2 is 1.87 bits per heavy atom. The van der Waals surface area contributed by atoms with E-state index in [1.54, 1.807) is 0 Å². The van der Waals surface area contributed by atoms with Crippen molar-refractivity contribution in [1.29, 1.82) is 0 Å². The van der Waals surface area contributed by atoms with Crippen molar-refractivity contribution in [2.75, 3.05) is 13.1 Å². The molecular weight excluding hydrogens is 288 g/mol. The molecule has 0 saturated carbocycles. The summed E-state index contributed by atoms with van der Waals surface area (Å²) in [5.41, 5.74) is 2.29. The van der Waals surface area contributed by atoms with Gasteiger partial charge in [-0.15, -0.1) is 0 Å². The number of nitrogens with zero attached hydrogens (tertiary/aromatic N) is 2. The van der Waals surface area contributed by atoms with E-state index < -0.39 is 5.60 Å². The van der Waals surface area contributed by atoms with E-state index >= 15 is 0 Å². The number of hydrogen-bond donors (Lipinski definition) is 0. The van der Waals surface area contributed by atoms with Gasteiger partial charge < -0.3 is 14.2 Å². The molecule has 2 aliphatic rings. The van der Waals surface area contributed by atoms with Crippen LogP contribution in [0, 0.1) is 11.8 Å². The summed E-state index contributed by atoms with van der Waals surface area (Å²) in [6.45, 7) is 8.41. The van der Waals surface area contributed by atoms with Gasteiger partial charge in [-0.05, 0) is 56.5 Å². The van der Waals surface area contributed by atoms with Gasteiger partial charge in [0.1, 0.15) is 5.60 Å². The zero-order valence-electron chi connectivity index (χ0n) is 14.1. The average Bonchev–Trinajstić information content (AvgIpc) is 3.03. The van der Waals surface area contributed by atoms with Gasteiger partial charge >= 0.3 is 6.09 Å². The zero-order chi connectivity index (χ0) is 16.2. The molecule has 2 aliphatic heterocycles. The van der Waals surface area contributed by atoms with E-state index in [0.717, 1.165) is 26.1 Å². The van der Waals surface area contributed by atoms with Crippen LogP contribution in [0.4, 0.5) is 4.79 Å². The second-order valence-corrected chi connectivity index (χ2v) is 7.91. The molecule has 0 aliphatic carbocycles. The molecule has 4 rings (SSSR count). The highest BCUT2D eigenvalue weighted by Crippen LogP contribution is 2.36. The van der Waals surface area contributed by atoms with Crippen LogP contribution < -0.4 is 0 Å². The number of rotatable bonds is 0. The van der Waals surface area contributed by atoms with Crippen LogP contribution in [0.1, 0.15) is 26.5 Å². The molecule has 1 amide bonds. The van der Waals surface area contributed by atoms with Crippen molar-refractivity contribution in [3.8, 4) is 0 Å². The summed E-state index contributed by atoms with van der Waals surface area (Å²) < 4.78 is 7.98. The van der Waals surface area contributed by atoms with Crippen molar-refractivity contribution < 1.29 is 9.53 Å². The summed E-state index contributed by atoms with van der Waals surface area (Å²) in [7, 11) is 0. The van der Waals surface area contributed by atoms with Crippen LogP contribution in [-0.4, -0.2) is 34.3 Å². The number of aromatic nitrogens is 1. The number of hydrogen-bond acceptors (Lipinski definition) is 2. The maximum absolute atomic E-state index is 12.3. The van der Waals surface area contributed by atoms with E-state index in [1.165, 1.54) is 16.6 Å². The van der Waals surface area contributed by atoms with E-state index in [1.807, 2.05) is 25.7 Å².